The van der Waals surface area contributed by atoms with E-state index in [1.165, 1.54) is 4.90 Å². The fourth-order valence-electron chi connectivity index (χ4n) is 2.52. The van der Waals surface area contributed by atoms with Crippen molar-refractivity contribution in [1.29, 1.82) is 0 Å². The number of hydrogen-bond donors (Lipinski definition) is 2. The van der Waals surface area contributed by atoms with Gasteiger partial charge in [0.15, 0.2) is 6.04 Å². The van der Waals surface area contributed by atoms with E-state index in [9.17, 15) is 19.5 Å². The number of hydrogen-bond acceptors (Lipinski definition) is 3. The van der Waals surface area contributed by atoms with Gasteiger partial charge in [0, 0.05) is 13.0 Å². The molecule has 118 valence electrons. The minimum atomic E-state index is -1.12. The number of carbonyl (C=O) groups is 3. The van der Waals surface area contributed by atoms with Crippen LogP contribution >= 0.6 is 0 Å². The maximum Gasteiger partial charge on any atom is 0.330 e. The molecule has 1 atom stereocenters. The quantitative estimate of drug-likeness (QED) is 0.859. The molecule has 1 saturated heterocycles. The highest BCUT2D eigenvalue weighted by Crippen LogP contribution is 2.14. The fourth-order valence-corrected chi connectivity index (χ4v) is 2.52. The molecule has 0 radical (unpaired) electrons. The van der Waals surface area contributed by atoms with Gasteiger partial charge in [-0.1, -0.05) is 36.8 Å². The van der Waals surface area contributed by atoms with Crippen LogP contribution in [0.1, 0.15) is 37.3 Å². The molecule has 1 fully saturated rings. The zero-order valence-corrected chi connectivity index (χ0v) is 12.3. The van der Waals surface area contributed by atoms with Crippen molar-refractivity contribution in [2.75, 3.05) is 13.1 Å². The average Bonchev–Trinajstić information content (AvgIpc) is 2.70. The summed E-state index contributed by atoms with van der Waals surface area (Å²) in [6.45, 7) is 0.463. The first-order valence-electron chi connectivity index (χ1n) is 7.43. The number of carbonyl (C=O) groups excluding carboxylic acids is 2. The van der Waals surface area contributed by atoms with Gasteiger partial charge in [-0.25, -0.2) is 4.79 Å². The minimum absolute atomic E-state index is 0.0424. The lowest BCUT2D eigenvalue weighted by atomic mass is 10.1. The third-order valence-electron chi connectivity index (χ3n) is 3.69. The number of carboxylic acids is 1. The molecule has 0 aliphatic carbocycles. The van der Waals surface area contributed by atoms with Crippen molar-refractivity contribution in [2.24, 2.45) is 0 Å². The van der Waals surface area contributed by atoms with Gasteiger partial charge in [0.25, 0.3) is 0 Å². The predicted molar refractivity (Wildman–Crippen MR) is 80.0 cm³/mol. The smallest absolute Gasteiger partial charge is 0.330 e. The predicted octanol–water partition coefficient (Wildman–Crippen LogP) is 1.33. The van der Waals surface area contributed by atoms with E-state index in [1.807, 2.05) is 0 Å². The van der Waals surface area contributed by atoms with E-state index in [1.54, 1.807) is 30.3 Å². The van der Waals surface area contributed by atoms with Gasteiger partial charge in [0.1, 0.15) is 0 Å². The van der Waals surface area contributed by atoms with E-state index in [0.717, 1.165) is 19.3 Å². The number of likely N-dealkylation sites (tertiary alicyclic amines) is 1. The number of aliphatic carboxylic acids is 1. The Balaban J connectivity index is 1.99. The van der Waals surface area contributed by atoms with Crippen LogP contribution in [0.25, 0.3) is 0 Å². The lowest BCUT2D eigenvalue weighted by Gasteiger charge is -2.21. The van der Waals surface area contributed by atoms with Crippen LogP contribution < -0.4 is 5.32 Å². The molecule has 2 N–H and O–H groups in total. The summed E-state index contributed by atoms with van der Waals surface area (Å²) in [5.41, 5.74) is 0.505. The summed E-state index contributed by atoms with van der Waals surface area (Å²) >= 11 is 0. The highest BCUT2D eigenvalue weighted by atomic mass is 16.4. The molecule has 22 heavy (non-hydrogen) atoms. The Morgan fingerprint density at radius 3 is 2.59 bits per heavy atom. The summed E-state index contributed by atoms with van der Waals surface area (Å²) in [5, 5.41) is 11.8. The summed E-state index contributed by atoms with van der Waals surface area (Å²) in [4.78, 5) is 36.8. The number of benzene rings is 1. The van der Waals surface area contributed by atoms with Gasteiger partial charge >= 0.3 is 5.97 Å². The first-order valence-corrected chi connectivity index (χ1v) is 7.43. The number of amides is 2. The van der Waals surface area contributed by atoms with Crippen molar-refractivity contribution in [3.8, 4) is 0 Å². The number of nitrogens with one attached hydrogen (secondary N) is 1. The van der Waals surface area contributed by atoms with E-state index in [2.05, 4.69) is 5.32 Å². The highest BCUT2D eigenvalue weighted by molar-refractivity contribution is 5.88. The normalized spacial score (nSPS) is 16.7. The third kappa shape index (κ3) is 4.31. The molecule has 2 rings (SSSR count). The van der Waals surface area contributed by atoms with Crippen molar-refractivity contribution in [2.45, 2.75) is 31.7 Å². The summed E-state index contributed by atoms with van der Waals surface area (Å²) in [6, 6.07) is 7.41. The molecular weight excluding hydrogens is 284 g/mol. The lowest BCUT2D eigenvalue weighted by Crippen LogP contribution is -2.43. The molecule has 1 aromatic rings. The van der Waals surface area contributed by atoms with Crippen LogP contribution in [0.5, 0.6) is 0 Å². The summed E-state index contributed by atoms with van der Waals surface area (Å²) in [7, 11) is 0. The lowest BCUT2D eigenvalue weighted by molar-refractivity contribution is -0.142. The second-order valence-electron chi connectivity index (χ2n) is 5.38. The first kappa shape index (κ1) is 16.0. The SMILES string of the molecule is O=C(CN1CCCCCC1=O)N[C@H](C(=O)O)c1ccccc1. The number of rotatable bonds is 5. The maximum absolute atomic E-state index is 12.1. The van der Waals surface area contributed by atoms with Crippen LogP contribution in [-0.2, 0) is 14.4 Å². The van der Waals surface area contributed by atoms with Crippen molar-refractivity contribution >= 4 is 17.8 Å². The monoisotopic (exact) mass is 304 g/mol. The Morgan fingerprint density at radius 1 is 1.18 bits per heavy atom. The van der Waals surface area contributed by atoms with Gasteiger partial charge in [0.05, 0.1) is 6.54 Å². The summed E-state index contributed by atoms with van der Waals surface area (Å²) in [5.74, 6) is -1.62. The standard InChI is InChI=1S/C16H20N2O4/c19-13(11-18-10-6-2-5-9-14(18)20)17-15(16(21)22)12-7-3-1-4-8-12/h1,3-4,7-8,15H,2,5-6,9-11H2,(H,17,19)(H,21,22)/t15-/m0/s1. The van der Waals surface area contributed by atoms with Crippen LogP contribution in [0.2, 0.25) is 0 Å². The van der Waals surface area contributed by atoms with Gasteiger partial charge in [-0.2, -0.15) is 0 Å². The Bertz CT molecular complexity index is 544. The second-order valence-corrected chi connectivity index (χ2v) is 5.38. The summed E-state index contributed by atoms with van der Waals surface area (Å²) < 4.78 is 0. The van der Waals surface area contributed by atoms with Crippen molar-refractivity contribution < 1.29 is 19.5 Å². The van der Waals surface area contributed by atoms with Gasteiger partial charge < -0.3 is 15.3 Å². The average molecular weight is 304 g/mol. The zero-order valence-electron chi connectivity index (χ0n) is 12.3. The molecule has 0 bridgehead atoms. The highest BCUT2D eigenvalue weighted by Gasteiger charge is 2.24. The van der Waals surface area contributed by atoms with E-state index in [0.29, 0.717) is 18.5 Å². The van der Waals surface area contributed by atoms with Gasteiger partial charge in [-0.3, -0.25) is 9.59 Å². The van der Waals surface area contributed by atoms with Crippen molar-refractivity contribution in [3.63, 3.8) is 0 Å². The first-order chi connectivity index (χ1) is 10.6. The second kappa shape index (κ2) is 7.59. The van der Waals surface area contributed by atoms with Crippen LogP contribution in [-0.4, -0.2) is 40.9 Å². The van der Waals surface area contributed by atoms with Crippen molar-refractivity contribution in [1.82, 2.24) is 10.2 Å². The number of carboxylic acid groups (broad SMARTS) is 1. The molecule has 6 nitrogen and oxygen atoms in total. The largest absolute Gasteiger partial charge is 0.479 e. The fraction of sp³-hybridized carbons (Fsp3) is 0.438. The molecule has 2 amide bonds. The van der Waals surface area contributed by atoms with Gasteiger partial charge in [-0.15, -0.1) is 0 Å². The topological polar surface area (TPSA) is 86.7 Å². The molecule has 1 aromatic carbocycles. The molecule has 0 unspecified atom stereocenters. The van der Waals surface area contributed by atoms with Gasteiger partial charge in [0.2, 0.25) is 11.8 Å². The molecule has 1 heterocycles. The molecule has 1 aliphatic heterocycles. The number of nitrogens with zero attached hydrogens (tertiary/aromatic N) is 1. The van der Waals surface area contributed by atoms with E-state index >= 15 is 0 Å². The van der Waals surface area contributed by atoms with Crippen LogP contribution in [0, 0.1) is 0 Å². The van der Waals surface area contributed by atoms with Gasteiger partial charge in [-0.05, 0) is 18.4 Å². The third-order valence-corrected chi connectivity index (χ3v) is 3.69. The van der Waals surface area contributed by atoms with Crippen LogP contribution in [0.3, 0.4) is 0 Å². The molecule has 6 heteroatoms. The Labute approximate surface area is 129 Å². The minimum Gasteiger partial charge on any atom is -0.479 e. The van der Waals surface area contributed by atoms with Crippen LogP contribution in [0.4, 0.5) is 0 Å². The Morgan fingerprint density at radius 2 is 1.91 bits per heavy atom. The molecule has 1 aliphatic rings. The maximum atomic E-state index is 12.1. The van der Waals surface area contributed by atoms with Crippen molar-refractivity contribution in [3.05, 3.63) is 35.9 Å². The molecule has 0 spiro atoms. The Kier molecular flexibility index (Phi) is 5.52. The van der Waals surface area contributed by atoms with E-state index in [-0.39, 0.29) is 12.5 Å². The van der Waals surface area contributed by atoms with E-state index < -0.39 is 17.9 Å². The molecule has 0 saturated carbocycles. The summed E-state index contributed by atoms with van der Waals surface area (Å²) in [6.07, 6.45) is 3.15. The Hall–Kier alpha value is -2.37. The van der Waals surface area contributed by atoms with Crippen LogP contribution in [0.15, 0.2) is 30.3 Å². The zero-order chi connectivity index (χ0) is 15.9. The molecule has 0 aromatic heterocycles. The van der Waals surface area contributed by atoms with E-state index in [4.69, 9.17) is 0 Å². The molecular formula is C16H20N2O4.